The molecule has 2 rings (SSSR count). The van der Waals surface area contributed by atoms with Crippen molar-refractivity contribution in [2.75, 3.05) is 0 Å². The number of rotatable bonds is 5. The van der Waals surface area contributed by atoms with E-state index in [9.17, 15) is 25.5 Å². The van der Waals surface area contributed by atoms with Gasteiger partial charge in [-0.1, -0.05) is 0 Å². The Morgan fingerprint density at radius 1 is 1.13 bits per heavy atom. The fourth-order valence-corrected chi connectivity index (χ4v) is 3.93. The minimum atomic E-state index is -4.91. The zero-order valence-corrected chi connectivity index (χ0v) is 13.5. The van der Waals surface area contributed by atoms with Crippen molar-refractivity contribution in [2.24, 2.45) is 5.73 Å². The molecule has 12 heteroatoms. The van der Waals surface area contributed by atoms with Crippen molar-refractivity contribution in [2.45, 2.75) is 34.8 Å². The smallest absolute Gasteiger partial charge is 0.332 e. The van der Waals surface area contributed by atoms with Gasteiger partial charge in [0.25, 0.3) is 0 Å². The van der Waals surface area contributed by atoms with Gasteiger partial charge in [-0.2, -0.15) is 8.42 Å². The van der Waals surface area contributed by atoms with Crippen molar-refractivity contribution in [3.8, 4) is 0 Å². The van der Waals surface area contributed by atoms with Crippen LogP contribution in [0.5, 0.6) is 0 Å². The molecule has 0 bridgehead atoms. The van der Waals surface area contributed by atoms with E-state index in [4.69, 9.17) is 5.73 Å². The van der Waals surface area contributed by atoms with Crippen LogP contribution in [-0.2, 0) is 25.0 Å². The van der Waals surface area contributed by atoms with Crippen molar-refractivity contribution < 1.29 is 25.5 Å². The molecule has 3 atom stereocenters. The molecule has 9 nitrogen and oxygen atoms in total. The van der Waals surface area contributed by atoms with E-state index >= 15 is 0 Å². The number of hydrogen-bond donors (Lipinski definition) is 4. The molecule has 1 aliphatic rings. The first-order valence-corrected chi connectivity index (χ1v) is 9.26. The molecule has 23 heavy (non-hydrogen) atoms. The maximum Gasteiger partial charge on any atom is 0.332 e. The SMILES string of the molecule is CC1NNC(C(N)=O)C1NS(=O)(=O)c1ccc(S(=O)(=O)F)cc1. The number of sulfonamides is 1. The molecular formula is C11H15FN4O5S2. The second-order valence-electron chi connectivity index (χ2n) is 5.01. The van der Waals surface area contributed by atoms with E-state index in [0.717, 1.165) is 24.3 Å². The lowest BCUT2D eigenvalue weighted by Gasteiger charge is -2.20. The summed E-state index contributed by atoms with van der Waals surface area (Å²) in [5, 5.41) is 0. The van der Waals surface area contributed by atoms with Crippen LogP contribution in [0.4, 0.5) is 3.89 Å². The summed E-state index contributed by atoms with van der Waals surface area (Å²) >= 11 is 0. The molecule has 5 N–H and O–H groups in total. The van der Waals surface area contributed by atoms with Crippen molar-refractivity contribution in [1.82, 2.24) is 15.6 Å². The third-order valence-electron chi connectivity index (χ3n) is 3.38. The highest BCUT2D eigenvalue weighted by Gasteiger charge is 2.39. The van der Waals surface area contributed by atoms with E-state index in [1.807, 2.05) is 0 Å². The highest BCUT2D eigenvalue weighted by Crippen LogP contribution is 2.17. The van der Waals surface area contributed by atoms with Gasteiger partial charge in [-0.25, -0.2) is 18.6 Å². The highest BCUT2D eigenvalue weighted by atomic mass is 32.3. The van der Waals surface area contributed by atoms with Gasteiger partial charge in [-0.05, 0) is 31.2 Å². The van der Waals surface area contributed by atoms with Gasteiger partial charge in [0, 0.05) is 6.04 Å². The molecule has 0 spiro atoms. The minimum Gasteiger partial charge on any atom is -0.368 e. The van der Waals surface area contributed by atoms with Crippen molar-refractivity contribution in [3.63, 3.8) is 0 Å². The average molecular weight is 366 g/mol. The molecule has 1 aromatic rings. The quantitative estimate of drug-likeness (QED) is 0.456. The van der Waals surface area contributed by atoms with Crippen LogP contribution in [0.1, 0.15) is 6.92 Å². The molecule has 0 aliphatic carbocycles. The Balaban J connectivity index is 2.26. The van der Waals surface area contributed by atoms with E-state index in [-0.39, 0.29) is 4.90 Å². The number of nitrogens with two attached hydrogens (primary N) is 1. The Labute approximate surface area is 132 Å². The normalized spacial score (nSPS) is 25.4. The fourth-order valence-electron chi connectivity index (χ4n) is 2.14. The Morgan fingerprint density at radius 3 is 2.13 bits per heavy atom. The highest BCUT2D eigenvalue weighted by molar-refractivity contribution is 7.89. The summed E-state index contributed by atoms with van der Waals surface area (Å²) in [6.07, 6.45) is 0. The van der Waals surface area contributed by atoms with Crippen LogP contribution in [0.2, 0.25) is 0 Å². The number of nitrogens with one attached hydrogen (secondary N) is 3. The second kappa shape index (κ2) is 6.13. The van der Waals surface area contributed by atoms with E-state index in [0.29, 0.717) is 0 Å². The molecule has 1 amide bonds. The van der Waals surface area contributed by atoms with Gasteiger partial charge in [0.15, 0.2) is 0 Å². The summed E-state index contributed by atoms with van der Waals surface area (Å²) in [6, 6.07) is 1.36. The standard InChI is InChI=1S/C11H15FN4O5S2/c1-6-9(10(11(13)17)15-14-6)16-23(20,21)8-4-2-7(3-5-8)22(12,18)19/h2-6,9-10,14-16H,1H3,(H2,13,17). The molecule has 0 aromatic heterocycles. The number of hydrazine groups is 1. The monoisotopic (exact) mass is 366 g/mol. The number of halogens is 1. The predicted octanol–water partition coefficient (Wildman–Crippen LogP) is -1.66. The van der Waals surface area contributed by atoms with Gasteiger partial charge in [-0.3, -0.25) is 10.2 Å². The number of primary amides is 1. The van der Waals surface area contributed by atoms with Crippen LogP contribution in [0.15, 0.2) is 34.1 Å². The summed E-state index contributed by atoms with van der Waals surface area (Å²) in [4.78, 5) is 10.4. The number of hydrogen-bond acceptors (Lipinski definition) is 7. The van der Waals surface area contributed by atoms with Gasteiger partial charge in [0.2, 0.25) is 15.9 Å². The van der Waals surface area contributed by atoms with Crippen LogP contribution in [-0.4, -0.2) is 40.9 Å². The van der Waals surface area contributed by atoms with Gasteiger partial charge in [-0.15, -0.1) is 3.89 Å². The maximum atomic E-state index is 12.8. The minimum absolute atomic E-state index is 0.271. The Bertz CT molecular complexity index is 809. The van der Waals surface area contributed by atoms with Crippen molar-refractivity contribution in [1.29, 1.82) is 0 Å². The Morgan fingerprint density at radius 2 is 1.65 bits per heavy atom. The van der Waals surface area contributed by atoms with Gasteiger partial charge in [0.1, 0.15) is 6.04 Å². The van der Waals surface area contributed by atoms with Crippen LogP contribution in [0, 0.1) is 0 Å². The summed E-state index contributed by atoms with van der Waals surface area (Å²) in [5.74, 6) is -0.742. The third kappa shape index (κ3) is 3.84. The lowest BCUT2D eigenvalue weighted by molar-refractivity contribution is -0.120. The number of carbonyl (C=O) groups excluding carboxylic acids is 1. The number of benzene rings is 1. The zero-order valence-electron chi connectivity index (χ0n) is 11.9. The predicted molar refractivity (Wildman–Crippen MR) is 77.6 cm³/mol. The van der Waals surface area contributed by atoms with Gasteiger partial charge >= 0.3 is 10.2 Å². The fraction of sp³-hybridized carbons (Fsp3) is 0.364. The van der Waals surface area contributed by atoms with Crippen LogP contribution < -0.4 is 21.3 Å². The van der Waals surface area contributed by atoms with Gasteiger partial charge < -0.3 is 5.73 Å². The Kier molecular flexibility index (Phi) is 4.73. The molecule has 0 saturated carbocycles. The summed E-state index contributed by atoms with van der Waals surface area (Å²) in [6.45, 7) is 1.64. The molecule has 1 aromatic carbocycles. The molecule has 0 radical (unpaired) electrons. The first kappa shape index (κ1) is 17.7. The lowest BCUT2D eigenvalue weighted by atomic mass is 10.1. The van der Waals surface area contributed by atoms with E-state index in [1.54, 1.807) is 6.92 Å². The summed E-state index contributed by atoms with van der Waals surface area (Å²) < 4.78 is 61.2. The van der Waals surface area contributed by atoms with Crippen LogP contribution >= 0.6 is 0 Å². The van der Waals surface area contributed by atoms with Gasteiger partial charge in [0.05, 0.1) is 15.8 Å². The molecule has 1 heterocycles. The first-order chi connectivity index (χ1) is 10.5. The topological polar surface area (TPSA) is 147 Å². The number of amides is 1. The number of carbonyl (C=O) groups is 1. The van der Waals surface area contributed by atoms with E-state index < -0.39 is 49.2 Å². The molecular weight excluding hydrogens is 351 g/mol. The van der Waals surface area contributed by atoms with E-state index in [1.165, 1.54) is 0 Å². The Hall–Kier alpha value is -1.60. The molecule has 3 unspecified atom stereocenters. The molecule has 1 saturated heterocycles. The summed E-state index contributed by atoms with van der Waals surface area (Å²) in [7, 11) is -8.97. The van der Waals surface area contributed by atoms with E-state index in [2.05, 4.69) is 15.6 Å². The molecule has 128 valence electrons. The lowest BCUT2D eigenvalue weighted by Crippen LogP contribution is -2.52. The zero-order chi connectivity index (χ0) is 17.4. The largest absolute Gasteiger partial charge is 0.368 e. The van der Waals surface area contributed by atoms with Crippen LogP contribution in [0.3, 0.4) is 0 Å². The van der Waals surface area contributed by atoms with Crippen molar-refractivity contribution >= 4 is 26.2 Å². The third-order valence-corrected chi connectivity index (χ3v) is 5.69. The summed E-state index contributed by atoms with van der Waals surface area (Å²) in [5.41, 5.74) is 10.5. The first-order valence-electron chi connectivity index (χ1n) is 6.40. The molecule has 1 aliphatic heterocycles. The maximum absolute atomic E-state index is 12.8. The molecule has 1 fully saturated rings. The van der Waals surface area contributed by atoms with Crippen molar-refractivity contribution in [3.05, 3.63) is 24.3 Å². The second-order valence-corrected chi connectivity index (χ2v) is 8.07. The van der Waals surface area contributed by atoms with Crippen LogP contribution in [0.25, 0.3) is 0 Å². The average Bonchev–Trinajstić information content (AvgIpc) is 2.79.